The minimum Gasteiger partial charge on any atom is -0.497 e. The molecule has 158 valence electrons. The van der Waals surface area contributed by atoms with Crippen LogP contribution in [-0.4, -0.2) is 24.1 Å². The van der Waals surface area contributed by atoms with Crippen LogP contribution in [0, 0.1) is 0 Å². The van der Waals surface area contributed by atoms with Crippen LogP contribution < -0.4 is 15.0 Å². The second-order valence-corrected chi connectivity index (χ2v) is 6.76. The maximum absolute atomic E-state index is 13.6. The lowest BCUT2D eigenvalue weighted by Gasteiger charge is -2.23. The number of aryl methyl sites for hydroxylation is 1. The van der Waals surface area contributed by atoms with Gasteiger partial charge in [0, 0.05) is 24.6 Å². The maximum Gasteiger partial charge on any atom is 0.421 e. The number of benzene rings is 2. The van der Waals surface area contributed by atoms with Crippen molar-refractivity contribution in [2.45, 2.75) is 25.9 Å². The number of aromatic nitrogens is 2. The van der Waals surface area contributed by atoms with E-state index in [-0.39, 0.29) is 11.8 Å². The molecular weight excluding hydrogens is 393 g/mol. The highest BCUT2D eigenvalue weighted by Crippen LogP contribution is 2.38. The number of nitrogens with one attached hydrogen (secondary N) is 1. The maximum atomic E-state index is 13.6. The van der Waals surface area contributed by atoms with Crippen LogP contribution in [0.5, 0.6) is 5.75 Å². The molecule has 8 heteroatoms. The fourth-order valence-corrected chi connectivity index (χ4v) is 2.99. The monoisotopic (exact) mass is 416 g/mol. The molecule has 0 saturated heterocycles. The van der Waals surface area contributed by atoms with E-state index in [1.807, 2.05) is 24.3 Å². The summed E-state index contributed by atoms with van der Waals surface area (Å²) in [5, 5.41) is 2.98. The van der Waals surface area contributed by atoms with Crippen molar-refractivity contribution in [1.29, 1.82) is 0 Å². The van der Waals surface area contributed by atoms with Crippen molar-refractivity contribution in [3.8, 4) is 5.75 Å². The van der Waals surface area contributed by atoms with E-state index < -0.39 is 11.7 Å². The van der Waals surface area contributed by atoms with Crippen molar-refractivity contribution in [1.82, 2.24) is 9.97 Å². The van der Waals surface area contributed by atoms with Gasteiger partial charge in [-0.05, 0) is 48.4 Å². The van der Waals surface area contributed by atoms with Gasteiger partial charge in [0.15, 0.2) is 5.82 Å². The summed E-state index contributed by atoms with van der Waals surface area (Å²) >= 11 is 0. The van der Waals surface area contributed by atoms with Crippen LogP contribution in [0.2, 0.25) is 0 Å². The topological polar surface area (TPSA) is 50.3 Å². The summed E-state index contributed by atoms with van der Waals surface area (Å²) in [5.74, 6) is 0.453. The zero-order valence-corrected chi connectivity index (χ0v) is 17.0. The summed E-state index contributed by atoms with van der Waals surface area (Å²) in [6, 6.07) is 14.4. The zero-order valence-electron chi connectivity index (χ0n) is 17.0. The molecule has 3 aromatic rings. The number of halogens is 3. The summed E-state index contributed by atoms with van der Waals surface area (Å²) < 4.78 is 45.8. The van der Waals surface area contributed by atoms with Crippen molar-refractivity contribution in [2.75, 3.05) is 24.4 Å². The second-order valence-electron chi connectivity index (χ2n) is 6.76. The van der Waals surface area contributed by atoms with Gasteiger partial charge in [-0.2, -0.15) is 18.2 Å². The lowest BCUT2D eigenvalue weighted by Crippen LogP contribution is -2.19. The fraction of sp³-hybridized carbons (Fsp3) is 0.273. The first-order valence-electron chi connectivity index (χ1n) is 9.49. The van der Waals surface area contributed by atoms with Crippen molar-refractivity contribution in [2.24, 2.45) is 0 Å². The summed E-state index contributed by atoms with van der Waals surface area (Å²) in [6.45, 7) is 2.10. The Morgan fingerprint density at radius 1 is 1.03 bits per heavy atom. The highest BCUT2D eigenvalue weighted by molar-refractivity contribution is 5.65. The van der Waals surface area contributed by atoms with Crippen molar-refractivity contribution >= 4 is 23.1 Å². The Morgan fingerprint density at radius 3 is 2.27 bits per heavy atom. The van der Waals surface area contributed by atoms with Gasteiger partial charge < -0.3 is 15.0 Å². The third-order valence-electron chi connectivity index (χ3n) is 4.60. The number of alkyl halides is 3. The number of nitrogens with zero attached hydrogens (tertiary/aromatic N) is 3. The van der Waals surface area contributed by atoms with Gasteiger partial charge in [0.1, 0.15) is 11.3 Å². The minimum atomic E-state index is -4.59. The minimum absolute atomic E-state index is 0.0848. The molecule has 30 heavy (non-hydrogen) atoms. The predicted octanol–water partition coefficient (Wildman–Crippen LogP) is 5.97. The SMILES string of the molecule is CCCc1ccc(Nc2ncc(C(F)(F)F)c(N(C)c3ccc(OC)cc3)n2)cc1. The Labute approximate surface area is 173 Å². The Kier molecular flexibility index (Phi) is 6.44. The molecule has 0 aliphatic heterocycles. The van der Waals surface area contributed by atoms with E-state index in [9.17, 15) is 13.2 Å². The lowest BCUT2D eigenvalue weighted by atomic mass is 10.1. The van der Waals surface area contributed by atoms with E-state index in [1.54, 1.807) is 24.3 Å². The molecule has 1 aromatic heterocycles. The van der Waals surface area contributed by atoms with E-state index >= 15 is 0 Å². The molecule has 0 aliphatic rings. The average molecular weight is 416 g/mol. The van der Waals surface area contributed by atoms with Gasteiger partial charge in [0.25, 0.3) is 0 Å². The number of anilines is 4. The molecule has 0 saturated carbocycles. The standard InChI is InChI=1S/C22H23F3N4O/c1-4-5-15-6-8-16(9-7-15)27-21-26-14-19(22(23,24)25)20(28-21)29(2)17-10-12-18(30-3)13-11-17/h6-14H,4-5H2,1-3H3,(H,26,27,28). The van der Waals surface area contributed by atoms with E-state index in [0.29, 0.717) is 17.1 Å². The Morgan fingerprint density at radius 2 is 1.70 bits per heavy atom. The molecule has 5 nitrogen and oxygen atoms in total. The van der Waals surface area contributed by atoms with Crippen LogP contribution in [0.15, 0.2) is 54.7 Å². The van der Waals surface area contributed by atoms with Gasteiger partial charge in [0.05, 0.1) is 7.11 Å². The van der Waals surface area contributed by atoms with Crippen LogP contribution in [0.4, 0.5) is 36.3 Å². The van der Waals surface area contributed by atoms with Gasteiger partial charge in [-0.3, -0.25) is 0 Å². The Balaban J connectivity index is 1.93. The van der Waals surface area contributed by atoms with E-state index in [2.05, 4.69) is 22.2 Å². The first kappa shape index (κ1) is 21.4. The lowest BCUT2D eigenvalue weighted by molar-refractivity contribution is -0.137. The number of rotatable bonds is 7. The van der Waals surface area contributed by atoms with Gasteiger partial charge in [-0.1, -0.05) is 25.5 Å². The largest absolute Gasteiger partial charge is 0.497 e. The van der Waals surface area contributed by atoms with Crippen molar-refractivity contribution < 1.29 is 17.9 Å². The molecule has 0 fully saturated rings. The van der Waals surface area contributed by atoms with Crippen LogP contribution >= 0.6 is 0 Å². The van der Waals surface area contributed by atoms with E-state index in [4.69, 9.17) is 4.74 Å². The molecule has 0 amide bonds. The Hall–Kier alpha value is -3.29. The summed E-state index contributed by atoms with van der Waals surface area (Å²) in [7, 11) is 3.06. The van der Waals surface area contributed by atoms with Gasteiger partial charge in [0.2, 0.25) is 5.95 Å². The highest BCUT2D eigenvalue weighted by atomic mass is 19.4. The molecular formula is C22H23F3N4O. The predicted molar refractivity (Wildman–Crippen MR) is 112 cm³/mol. The van der Waals surface area contributed by atoms with Crippen molar-refractivity contribution in [3.63, 3.8) is 0 Å². The van der Waals surface area contributed by atoms with Crippen LogP contribution in [0.1, 0.15) is 24.5 Å². The fourth-order valence-electron chi connectivity index (χ4n) is 2.99. The van der Waals surface area contributed by atoms with Crippen LogP contribution in [0.3, 0.4) is 0 Å². The zero-order chi connectivity index (χ0) is 21.7. The van der Waals surface area contributed by atoms with E-state index in [0.717, 1.165) is 19.0 Å². The molecule has 0 radical (unpaired) electrons. The first-order chi connectivity index (χ1) is 14.3. The normalized spacial score (nSPS) is 11.3. The molecule has 0 spiro atoms. The molecule has 0 aliphatic carbocycles. The van der Waals surface area contributed by atoms with Crippen LogP contribution in [-0.2, 0) is 12.6 Å². The number of hydrogen-bond acceptors (Lipinski definition) is 5. The summed E-state index contributed by atoms with van der Waals surface area (Å²) in [5.41, 5.74) is 1.52. The smallest absolute Gasteiger partial charge is 0.421 e. The molecule has 1 heterocycles. The van der Waals surface area contributed by atoms with Gasteiger partial charge in [-0.25, -0.2) is 4.98 Å². The molecule has 2 aromatic carbocycles. The molecule has 3 rings (SSSR count). The van der Waals surface area contributed by atoms with Gasteiger partial charge in [-0.15, -0.1) is 0 Å². The third kappa shape index (κ3) is 5.00. The number of methoxy groups -OCH3 is 1. The van der Waals surface area contributed by atoms with Crippen LogP contribution in [0.25, 0.3) is 0 Å². The number of ether oxygens (including phenoxy) is 1. The second kappa shape index (κ2) is 9.02. The number of hydrogen-bond donors (Lipinski definition) is 1. The Bertz CT molecular complexity index is 973. The molecule has 1 N–H and O–H groups in total. The summed E-state index contributed by atoms with van der Waals surface area (Å²) in [6.07, 6.45) is -1.78. The first-order valence-corrected chi connectivity index (χ1v) is 9.49. The third-order valence-corrected chi connectivity index (χ3v) is 4.60. The molecule has 0 bridgehead atoms. The highest BCUT2D eigenvalue weighted by Gasteiger charge is 2.36. The van der Waals surface area contributed by atoms with Crippen molar-refractivity contribution in [3.05, 3.63) is 65.9 Å². The summed E-state index contributed by atoms with van der Waals surface area (Å²) in [4.78, 5) is 9.41. The molecule has 0 atom stereocenters. The quantitative estimate of drug-likeness (QED) is 0.514. The molecule has 0 unspecified atom stereocenters. The van der Waals surface area contributed by atoms with E-state index in [1.165, 1.54) is 24.6 Å². The average Bonchev–Trinajstić information content (AvgIpc) is 2.74. The van der Waals surface area contributed by atoms with Gasteiger partial charge >= 0.3 is 6.18 Å².